The minimum Gasteiger partial charge on any atom is -0.508 e. The van der Waals surface area contributed by atoms with E-state index >= 15 is 0 Å². The summed E-state index contributed by atoms with van der Waals surface area (Å²) in [7, 11) is 0. The second-order valence-corrected chi connectivity index (χ2v) is 4.30. The van der Waals surface area contributed by atoms with Gasteiger partial charge in [-0.15, -0.1) is 0 Å². The Morgan fingerprint density at radius 1 is 0.783 bits per heavy atom. The lowest BCUT2D eigenvalue weighted by Crippen LogP contribution is -2.01. The quantitative estimate of drug-likeness (QED) is 0.633. The first-order valence-corrected chi connectivity index (χ1v) is 6.38. The molecule has 2 aromatic rings. The largest absolute Gasteiger partial charge is 0.508 e. The van der Waals surface area contributed by atoms with Crippen molar-refractivity contribution < 1.29 is 30.8 Å². The van der Waals surface area contributed by atoms with Gasteiger partial charge in [-0.05, 0) is 47.4 Å². The Labute approximate surface area is 145 Å². The average molecular weight is 316 g/mol. The first-order valence-electron chi connectivity index (χ1n) is 10.4. The highest BCUT2D eigenvalue weighted by atomic mass is 16.3. The topological polar surface area (TPSA) is 74.6 Å². The first kappa shape index (κ1) is 8.48. The molecule has 23 heavy (non-hydrogen) atoms. The van der Waals surface area contributed by atoms with Gasteiger partial charge >= 0.3 is 0 Å². The van der Waals surface area contributed by atoms with Gasteiger partial charge in [0.1, 0.15) is 11.5 Å². The van der Waals surface area contributed by atoms with Crippen LogP contribution < -0.4 is 0 Å². The van der Waals surface area contributed by atoms with E-state index in [2.05, 4.69) is 0 Å². The predicted molar refractivity (Wildman–Crippen MR) is 88.9 cm³/mol. The lowest BCUT2D eigenvalue weighted by Gasteiger charge is -1.95. The zero-order valence-electron chi connectivity index (χ0n) is 19.7. The fourth-order valence-electron chi connectivity index (χ4n) is 1.44. The van der Waals surface area contributed by atoms with Crippen molar-refractivity contribution >= 4 is 23.7 Å². The lowest BCUT2D eigenvalue weighted by molar-refractivity contribution is -0.121. The summed E-state index contributed by atoms with van der Waals surface area (Å²) in [5.41, 5.74) is -0.478. The van der Waals surface area contributed by atoms with E-state index in [0.29, 0.717) is 0 Å². The fourth-order valence-corrected chi connectivity index (χ4v) is 1.44. The van der Waals surface area contributed by atoms with Crippen LogP contribution in [0.1, 0.15) is 28.5 Å². The average Bonchev–Trinajstić information content (AvgIpc) is 2.73. The van der Waals surface area contributed by atoms with E-state index < -0.39 is 77.8 Å². The summed E-state index contributed by atoms with van der Waals surface area (Å²) in [6.07, 6.45) is 3.14. The Morgan fingerprint density at radius 3 is 1.48 bits per heavy atom. The number of hydrogen-bond donors (Lipinski definition) is 2. The molecule has 0 saturated heterocycles. The molecule has 0 bridgehead atoms. The molecule has 116 valence electrons. The molecule has 0 saturated carbocycles. The van der Waals surface area contributed by atoms with Crippen LogP contribution in [-0.4, -0.2) is 21.8 Å². The zero-order valence-corrected chi connectivity index (χ0v) is 11.7. The second-order valence-electron chi connectivity index (χ2n) is 4.30. The van der Waals surface area contributed by atoms with E-state index in [1.165, 1.54) is 0 Å². The summed E-state index contributed by atoms with van der Waals surface area (Å²) >= 11 is 0. The number of ketones is 2. The van der Waals surface area contributed by atoms with E-state index in [-0.39, 0.29) is 11.1 Å². The van der Waals surface area contributed by atoms with Crippen molar-refractivity contribution in [1.82, 2.24) is 0 Å². The van der Waals surface area contributed by atoms with Crippen LogP contribution in [0.4, 0.5) is 0 Å². The molecule has 0 aliphatic heterocycles. The zero-order chi connectivity index (χ0) is 23.6. The molecule has 0 aliphatic carbocycles. The van der Waals surface area contributed by atoms with Gasteiger partial charge < -0.3 is 10.2 Å². The van der Waals surface area contributed by atoms with Gasteiger partial charge in [0.25, 0.3) is 0 Å². The molecule has 2 aromatic carbocycles. The van der Waals surface area contributed by atoms with Gasteiger partial charge in [0, 0.05) is 0 Å². The molecule has 2 rings (SSSR count). The predicted octanol–water partition coefficient (Wildman–Crippen LogP) is 3.35. The maximum atomic E-state index is 12.0. The molecule has 0 heterocycles. The number of phenols is 2. The number of carbonyl (C=O) groups excluding carboxylic acids is 2. The molecule has 0 unspecified atom stereocenters. The van der Waals surface area contributed by atoms with E-state index in [4.69, 9.17) is 11.0 Å². The minimum atomic E-state index is -0.817. The number of rotatable bonds is 6. The SMILES string of the molecule is [2H]c1c([2H])c(C=CC(=O)CC(=O)/C=C/c2c([2H])c([2H])c(O)c([2H])c2[2H])c([2H])c([2H])c1O. The van der Waals surface area contributed by atoms with Crippen LogP contribution in [-0.2, 0) is 9.59 Å². The van der Waals surface area contributed by atoms with Crippen molar-refractivity contribution in [2.24, 2.45) is 0 Å². The van der Waals surface area contributed by atoms with Crippen molar-refractivity contribution in [3.63, 3.8) is 0 Å². The van der Waals surface area contributed by atoms with E-state index in [0.717, 1.165) is 24.3 Å². The van der Waals surface area contributed by atoms with Gasteiger partial charge in [-0.3, -0.25) is 9.59 Å². The van der Waals surface area contributed by atoms with E-state index in [9.17, 15) is 19.8 Å². The minimum absolute atomic E-state index is 0.239. The van der Waals surface area contributed by atoms with Crippen LogP contribution in [0, 0.1) is 0 Å². The molecule has 4 nitrogen and oxygen atoms in total. The Kier molecular flexibility index (Phi) is 2.86. The molecule has 0 radical (unpaired) electrons. The van der Waals surface area contributed by atoms with Crippen molar-refractivity contribution in [1.29, 1.82) is 0 Å². The van der Waals surface area contributed by atoms with Gasteiger partial charge in [-0.2, -0.15) is 0 Å². The highest BCUT2D eigenvalue weighted by molar-refractivity contribution is 6.10. The van der Waals surface area contributed by atoms with Crippen LogP contribution in [0.15, 0.2) is 60.5 Å². The molecule has 0 fully saturated rings. The molecule has 4 heteroatoms. The molecular formula is C19H16O4. The van der Waals surface area contributed by atoms with Gasteiger partial charge in [-0.1, -0.05) is 36.3 Å². The van der Waals surface area contributed by atoms with Crippen LogP contribution in [0.3, 0.4) is 0 Å². The van der Waals surface area contributed by atoms with Crippen molar-refractivity contribution in [2.75, 3.05) is 0 Å². The Hall–Kier alpha value is -3.14. The van der Waals surface area contributed by atoms with Crippen LogP contribution in [0.2, 0.25) is 0 Å². The molecule has 0 atom stereocenters. The summed E-state index contributed by atoms with van der Waals surface area (Å²) in [5.74, 6) is -3.10. The van der Waals surface area contributed by atoms with Crippen LogP contribution in [0.25, 0.3) is 12.2 Å². The summed E-state index contributed by atoms with van der Waals surface area (Å²) in [5, 5.41) is 19.0. The van der Waals surface area contributed by atoms with Gasteiger partial charge in [0.15, 0.2) is 11.6 Å². The van der Waals surface area contributed by atoms with Crippen molar-refractivity contribution in [3.8, 4) is 11.5 Å². The molecule has 0 amide bonds. The Morgan fingerprint density at radius 2 is 1.13 bits per heavy atom. The van der Waals surface area contributed by atoms with E-state index in [1.54, 1.807) is 0 Å². The van der Waals surface area contributed by atoms with Crippen molar-refractivity contribution in [3.05, 3.63) is 71.6 Å². The monoisotopic (exact) mass is 316 g/mol. The third kappa shape index (κ3) is 5.63. The maximum Gasteiger partial charge on any atom is 0.163 e. The van der Waals surface area contributed by atoms with Crippen LogP contribution in [0.5, 0.6) is 11.5 Å². The number of phenolic OH excluding ortho intramolecular Hbond substituents is 2. The third-order valence-corrected chi connectivity index (χ3v) is 2.48. The van der Waals surface area contributed by atoms with Crippen molar-refractivity contribution in [2.45, 2.75) is 6.42 Å². The van der Waals surface area contributed by atoms with Gasteiger partial charge in [-0.25, -0.2) is 0 Å². The Balaban J connectivity index is 2.20. The summed E-state index contributed by atoms with van der Waals surface area (Å²) < 4.78 is 61.1. The summed E-state index contributed by atoms with van der Waals surface area (Å²) in [6, 6.07) is -4.87. The molecule has 0 aliphatic rings. The molecular weight excluding hydrogens is 292 g/mol. The van der Waals surface area contributed by atoms with Gasteiger partial charge in [0.2, 0.25) is 0 Å². The summed E-state index contributed by atoms with van der Waals surface area (Å²) in [6.45, 7) is 0. The third-order valence-electron chi connectivity index (χ3n) is 2.48. The normalized spacial score (nSPS) is 16.0. The number of benzene rings is 2. The first-order chi connectivity index (χ1) is 14.4. The standard InChI is InChI=1S/C19H16O4/c20-16-7-1-14(2-8-16)5-11-18(22)13-19(23)12-6-15-3-9-17(21)10-4-15/h1-12,20-21H,13H2/b11-5+,12-6?/i1D,2D,3D,4D,7D,8D,9D,10D. The number of allylic oxidation sites excluding steroid dienone is 2. The van der Waals surface area contributed by atoms with Gasteiger partial charge in [0.05, 0.1) is 17.4 Å². The Bertz CT molecular complexity index is 1010. The van der Waals surface area contributed by atoms with Crippen LogP contribution >= 0.6 is 0 Å². The highest BCUT2D eigenvalue weighted by Crippen LogP contribution is 2.12. The number of carbonyl (C=O) groups is 2. The molecule has 2 N–H and O–H groups in total. The molecule has 0 spiro atoms. The molecule has 0 aromatic heterocycles. The fraction of sp³-hybridized carbons (Fsp3) is 0.0526. The second kappa shape index (κ2) is 7.75. The smallest absolute Gasteiger partial charge is 0.163 e. The number of aromatic hydroxyl groups is 2. The highest BCUT2D eigenvalue weighted by Gasteiger charge is 2.03. The summed E-state index contributed by atoms with van der Waals surface area (Å²) in [4.78, 5) is 24.0. The number of hydrogen-bond acceptors (Lipinski definition) is 4. The maximum absolute atomic E-state index is 12.0. The lowest BCUT2D eigenvalue weighted by atomic mass is 10.1. The van der Waals surface area contributed by atoms with E-state index in [1.807, 2.05) is 0 Å².